The monoisotopic (exact) mass is 274 g/mol. The van der Waals surface area contributed by atoms with Crippen molar-refractivity contribution in [2.75, 3.05) is 6.61 Å². The van der Waals surface area contributed by atoms with Crippen molar-refractivity contribution >= 4 is 25.4 Å². The van der Waals surface area contributed by atoms with Gasteiger partial charge in [0.1, 0.15) is 9.28 Å². The SMILES string of the molecule is CCCCCCCC[Si]1(CC)CCO[SiH2][SiH2]1. The molecule has 0 N–H and O–H groups in total. The first-order valence-corrected chi connectivity index (χ1v) is 16.9. The normalized spacial score (nSPS) is 28.9. The first kappa shape index (κ1) is 14.7. The highest BCUT2D eigenvalue weighted by Gasteiger charge is 2.32. The van der Waals surface area contributed by atoms with Crippen molar-refractivity contribution < 1.29 is 4.43 Å². The molecule has 4 heteroatoms. The molecule has 1 aliphatic heterocycles. The van der Waals surface area contributed by atoms with Gasteiger partial charge >= 0.3 is 0 Å². The molecular weight excluding hydrogens is 244 g/mol. The van der Waals surface area contributed by atoms with Gasteiger partial charge in [0.2, 0.25) is 0 Å². The lowest BCUT2D eigenvalue weighted by Gasteiger charge is -2.34. The predicted molar refractivity (Wildman–Crippen MR) is 82.3 cm³/mol. The molecule has 96 valence electrons. The highest BCUT2D eigenvalue weighted by atomic mass is 29.6. The Labute approximate surface area is 107 Å². The summed E-state index contributed by atoms with van der Waals surface area (Å²) < 4.78 is 5.72. The minimum absolute atomic E-state index is 0.0464. The van der Waals surface area contributed by atoms with Gasteiger partial charge in [-0.1, -0.05) is 64.5 Å². The third kappa shape index (κ3) is 5.29. The van der Waals surface area contributed by atoms with Crippen LogP contribution in [0.2, 0.25) is 18.1 Å². The van der Waals surface area contributed by atoms with E-state index in [1.165, 1.54) is 38.1 Å². The summed E-state index contributed by atoms with van der Waals surface area (Å²) in [6, 6.07) is 4.81. The van der Waals surface area contributed by atoms with Gasteiger partial charge in [0.15, 0.2) is 0 Å². The lowest BCUT2D eigenvalue weighted by Crippen LogP contribution is -2.49. The van der Waals surface area contributed by atoms with Crippen LogP contribution in [0.25, 0.3) is 0 Å². The summed E-state index contributed by atoms with van der Waals surface area (Å²) in [6.45, 7) is 5.95. The number of rotatable bonds is 8. The Morgan fingerprint density at radius 2 is 1.81 bits per heavy atom. The van der Waals surface area contributed by atoms with Crippen molar-refractivity contribution in [3.8, 4) is 0 Å². The zero-order valence-corrected chi connectivity index (χ0v) is 15.2. The number of hydrogen-bond donors (Lipinski definition) is 0. The molecule has 1 atom stereocenters. The maximum atomic E-state index is 5.72. The summed E-state index contributed by atoms with van der Waals surface area (Å²) in [4.78, 5) is 0. The van der Waals surface area contributed by atoms with Gasteiger partial charge in [-0.15, -0.1) is 0 Å². The molecule has 1 heterocycles. The maximum absolute atomic E-state index is 5.72. The molecule has 1 rings (SSSR count). The Balaban J connectivity index is 2.08. The molecule has 0 aromatic rings. The van der Waals surface area contributed by atoms with Gasteiger partial charge in [-0.3, -0.25) is 0 Å². The zero-order chi connectivity index (χ0) is 11.7. The van der Waals surface area contributed by atoms with Crippen molar-refractivity contribution in [1.82, 2.24) is 0 Å². The van der Waals surface area contributed by atoms with Gasteiger partial charge in [-0.2, -0.15) is 0 Å². The van der Waals surface area contributed by atoms with Gasteiger partial charge in [-0.05, 0) is 6.04 Å². The van der Waals surface area contributed by atoms with Crippen LogP contribution in [0, 0.1) is 0 Å². The van der Waals surface area contributed by atoms with Crippen LogP contribution in [0.15, 0.2) is 0 Å². The average Bonchev–Trinajstić information content (AvgIpc) is 2.35. The van der Waals surface area contributed by atoms with Crippen molar-refractivity contribution in [2.45, 2.75) is 70.5 Å². The van der Waals surface area contributed by atoms with Gasteiger partial charge < -0.3 is 4.43 Å². The minimum Gasteiger partial charge on any atom is -0.428 e. The van der Waals surface area contributed by atoms with E-state index in [0.717, 1.165) is 6.61 Å². The second kappa shape index (κ2) is 8.67. The summed E-state index contributed by atoms with van der Waals surface area (Å²) in [5, 5.41) is 0. The second-order valence-electron chi connectivity index (χ2n) is 5.48. The summed E-state index contributed by atoms with van der Waals surface area (Å²) in [5.41, 5.74) is 0. The van der Waals surface area contributed by atoms with E-state index in [0.29, 0.717) is 8.55 Å². The highest BCUT2D eigenvalue weighted by Crippen LogP contribution is 2.25. The van der Waals surface area contributed by atoms with Crippen molar-refractivity contribution in [1.29, 1.82) is 0 Å². The summed E-state index contributed by atoms with van der Waals surface area (Å²) in [6.07, 6.45) is 8.89. The van der Waals surface area contributed by atoms with Crippen molar-refractivity contribution in [3.63, 3.8) is 0 Å². The topological polar surface area (TPSA) is 9.23 Å². The van der Waals surface area contributed by atoms with Crippen LogP contribution in [0.1, 0.15) is 52.4 Å². The Kier molecular flexibility index (Phi) is 7.95. The van der Waals surface area contributed by atoms with Crippen molar-refractivity contribution in [2.24, 2.45) is 0 Å². The molecule has 0 amide bonds. The van der Waals surface area contributed by atoms with E-state index in [9.17, 15) is 0 Å². The van der Waals surface area contributed by atoms with E-state index in [4.69, 9.17) is 4.43 Å². The molecule has 1 nitrogen and oxygen atoms in total. The third-order valence-corrected chi connectivity index (χ3v) is 30.1. The molecule has 1 unspecified atom stereocenters. The van der Waals surface area contributed by atoms with Crippen LogP contribution >= 0.6 is 0 Å². The molecule has 1 saturated heterocycles. The van der Waals surface area contributed by atoms with E-state index >= 15 is 0 Å². The molecule has 0 spiro atoms. The zero-order valence-electron chi connectivity index (χ0n) is 11.4. The van der Waals surface area contributed by atoms with Crippen LogP contribution in [-0.4, -0.2) is 32.0 Å². The molecule has 0 bridgehead atoms. The van der Waals surface area contributed by atoms with Gasteiger partial charge in [0, 0.05) is 22.8 Å². The first-order valence-electron chi connectivity index (χ1n) is 7.41. The highest BCUT2D eigenvalue weighted by molar-refractivity contribution is 7.43. The lowest BCUT2D eigenvalue weighted by molar-refractivity contribution is 0.365. The molecule has 0 aromatic carbocycles. The van der Waals surface area contributed by atoms with E-state index in [-0.39, 0.29) is 9.28 Å². The largest absolute Gasteiger partial charge is 0.428 e. The molecule has 1 aliphatic rings. The van der Waals surface area contributed by atoms with Crippen molar-refractivity contribution in [3.05, 3.63) is 0 Å². The van der Waals surface area contributed by atoms with Crippen LogP contribution in [-0.2, 0) is 4.43 Å². The summed E-state index contributed by atoms with van der Waals surface area (Å²) >= 11 is 0. The molecule has 0 aliphatic carbocycles. The molecule has 16 heavy (non-hydrogen) atoms. The summed E-state index contributed by atoms with van der Waals surface area (Å²) in [5.74, 6) is 0. The van der Waals surface area contributed by atoms with E-state index < -0.39 is 7.59 Å². The third-order valence-electron chi connectivity index (χ3n) is 4.36. The fraction of sp³-hybridized carbons (Fsp3) is 1.00. The van der Waals surface area contributed by atoms with Crippen LogP contribution in [0.5, 0.6) is 0 Å². The van der Waals surface area contributed by atoms with Gasteiger partial charge in [0.25, 0.3) is 0 Å². The fourth-order valence-electron chi connectivity index (χ4n) is 2.87. The van der Waals surface area contributed by atoms with Crippen LogP contribution < -0.4 is 0 Å². The first-order chi connectivity index (χ1) is 7.83. The maximum Gasteiger partial charge on any atom is 0.141 e. The Morgan fingerprint density at radius 3 is 2.44 bits per heavy atom. The molecular formula is C12H30OSi3. The predicted octanol–water partition coefficient (Wildman–Crippen LogP) is 2.51. The fourth-order valence-corrected chi connectivity index (χ4v) is 26.4. The Bertz CT molecular complexity index is 170. The number of unbranched alkanes of at least 4 members (excludes halogenated alkanes) is 5. The van der Waals surface area contributed by atoms with Crippen LogP contribution in [0.4, 0.5) is 0 Å². The standard InChI is InChI=1S/C12H30OSi3/c1-3-5-6-7-8-9-11-16(4-2)12-10-13-14-15-16/h3-12,14-15H2,1-2H3. The van der Waals surface area contributed by atoms with E-state index in [1.807, 2.05) is 0 Å². The second-order valence-corrected chi connectivity index (χ2v) is 23.2. The Morgan fingerprint density at radius 1 is 1.06 bits per heavy atom. The quantitative estimate of drug-likeness (QED) is 0.488. The summed E-state index contributed by atoms with van der Waals surface area (Å²) in [7, 11) is -0.276. The molecule has 0 aromatic heterocycles. The van der Waals surface area contributed by atoms with Gasteiger partial charge in [-0.25, -0.2) is 0 Å². The van der Waals surface area contributed by atoms with Gasteiger partial charge in [0.05, 0.1) is 0 Å². The smallest absolute Gasteiger partial charge is 0.141 e. The van der Waals surface area contributed by atoms with E-state index in [1.54, 1.807) is 18.5 Å². The number of hydrogen-bond acceptors (Lipinski definition) is 1. The molecule has 0 saturated carbocycles. The van der Waals surface area contributed by atoms with Crippen LogP contribution in [0.3, 0.4) is 0 Å². The van der Waals surface area contributed by atoms with E-state index in [2.05, 4.69) is 13.8 Å². The molecule has 1 fully saturated rings. The average molecular weight is 275 g/mol. The lowest BCUT2D eigenvalue weighted by atomic mass is 10.1. The molecule has 0 radical (unpaired) electrons. The minimum atomic E-state index is -0.650. The Hall–Kier alpha value is 0.611.